The molecule has 1 heterocycles. The zero-order valence-corrected chi connectivity index (χ0v) is 16.0. The molecule has 28 heavy (non-hydrogen) atoms. The first-order valence-corrected chi connectivity index (χ1v) is 9.36. The van der Waals surface area contributed by atoms with Crippen LogP contribution in [0.1, 0.15) is 41.3 Å². The molecule has 0 aromatic heterocycles. The van der Waals surface area contributed by atoms with Crippen molar-refractivity contribution < 1.29 is 19.4 Å². The van der Waals surface area contributed by atoms with Crippen LogP contribution < -0.4 is 0 Å². The summed E-state index contributed by atoms with van der Waals surface area (Å²) in [5.41, 5.74) is 3.00. The van der Waals surface area contributed by atoms with Gasteiger partial charge in [-0.15, -0.1) is 0 Å². The molecule has 0 bridgehead atoms. The Hall–Kier alpha value is -2.99. The highest BCUT2D eigenvalue weighted by atomic mass is 16.5. The molecular weight excluding hydrogens is 356 g/mol. The molecule has 0 aliphatic carbocycles. The smallest absolute Gasteiger partial charge is 0.308 e. The number of hydrogen-bond donors (Lipinski definition) is 1. The van der Waals surface area contributed by atoms with Gasteiger partial charge in [0.2, 0.25) is 0 Å². The number of ether oxygens (including phenoxy) is 1. The molecular formula is C22H24N2O4. The lowest BCUT2D eigenvalue weighted by Gasteiger charge is -2.35. The number of hydrogen-bond acceptors (Lipinski definition) is 5. The van der Waals surface area contributed by atoms with E-state index in [2.05, 4.69) is 5.10 Å². The minimum atomic E-state index is -0.925. The molecule has 2 aromatic carbocycles. The molecule has 1 aliphatic heterocycles. The monoisotopic (exact) mass is 380 g/mol. The second-order valence-corrected chi connectivity index (χ2v) is 6.78. The number of rotatable bonds is 5. The Morgan fingerprint density at radius 3 is 2.46 bits per heavy atom. The van der Waals surface area contributed by atoms with Crippen LogP contribution in [0.4, 0.5) is 0 Å². The maximum absolute atomic E-state index is 13.1. The van der Waals surface area contributed by atoms with E-state index in [1.807, 2.05) is 37.3 Å². The van der Waals surface area contributed by atoms with E-state index >= 15 is 0 Å². The first-order chi connectivity index (χ1) is 13.5. The molecule has 0 saturated heterocycles. The van der Waals surface area contributed by atoms with Gasteiger partial charge < -0.3 is 9.84 Å². The predicted octanol–water partition coefficient (Wildman–Crippen LogP) is 2.93. The molecule has 0 fully saturated rings. The number of aryl methyl sites for hydroxylation is 1. The largest absolute Gasteiger partial charge is 0.466 e. The normalized spacial score (nSPS) is 19.1. The summed E-state index contributed by atoms with van der Waals surface area (Å²) in [4.78, 5) is 25.1. The predicted molar refractivity (Wildman–Crippen MR) is 106 cm³/mol. The van der Waals surface area contributed by atoms with Crippen LogP contribution >= 0.6 is 0 Å². The van der Waals surface area contributed by atoms with Crippen molar-refractivity contribution in [3.05, 3.63) is 71.3 Å². The third kappa shape index (κ3) is 4.46. The second kappa shape index (κ2) is 8.80. The number of nitrogens with zero attached hydrogens (tertiary/aromatic N) is 2. The van der Waals surface area contributed by atoms with Gasteiger partial charge in [-0.1, -0.05) is 48.0 Å². The molecule has 0 saturated carbocycles. The maximum Gasteiger partial charge on any atom is 0.308 e. The third-order valence-corrected chi connectivity index (χ3v) is 4.68. The van der Waals surface area contributed by atoms with E-state index in [0.717, 1.165) is 11.1 Å². The number of aliphatic hydroxyl groups is 1. The molecule has 0 unspecified atom stereocenters. The number of benzene rings is 2. The molecule has 2 aromatic rings. The van der Waals surface area contributed by atoms with Crippen LogP contribution in [0.25, 0.3) is 0 Å². The third-order valence-electron chi connectivity index (χ3n) is 4.68. The molecule has 0 radical (unpaired) electrons. The van der Waals surface area contributed by atoms with Gasteiger partial charge in [-0.25, -0.2) is 5.01 Å². The van der Waals surface area contributed by atoms with Crippen molar-refractivity contribution in [3.8, 4) is 0 Å². The van der Waals surface area contributed by atoms with Crippen LogP contribution in [0.2, 0.25) is 0 Å². The van der Waals surface area contributed by atoms with Crippen LogP contribution in [0, 0.1) is 6.92 Å². The maximum atomic E-state index is 13.1. The Kier molecular flexibility index (Phi) is 6.21. The van der Waals surface area contributed by atoms with Crippen molar-refractivity contribution in [2.75, 3.05) is 6.61 Å². The van der Waals surface area contributed by atoms with Gasteiger partial charge in [-0.2, -0.15) is 5.10 Å². The van der Waals surface area contributed by atoms with Gasteiger partial charge in [0, 0.05) is 12.0 Å². The highest BCUT2D eigenvalue weighted by Gasteiger charge is 2.37. The molecule has 146 valence electrons. The first kappa shape index (κ1) is 19.8. The van der Waals surface area contributed by atoms with Gasteiger partial charge in [-0.3, -0.25) is 9.59 Å². The zero-order valence-electron chi connectivity index (χ0n) is 16.0. The van der Waals surface area contributed by atoms with E-state index in [1.165, 1.54) is 5.01 Å². The highest BCUT2D eigenvalue weighted by Crippen LogP contribution is 2.25. The Morgan fingerprint density at radius 1 is 1.14 bits per heavy atom. The number of esters is 1. The molecule has 0 spiro atoms. The van der Waals surface area contributed by atoms with Crippen LogP contribution in [-0.2, 0) is 9.53 Å². The van der Waals surface area contributed by atoms with Crippen LogP contribution in [0.15, 0.2) is 59.7 Å². The summed E-state index contributed by atoms with van der Waals surface area (Å²) in [5, 5.41) is 16.5. The van der Waals surface area contributed by atoms with Gasteiger partial charge in [-0.05, 0) is 31.5 Å². The van der Waals surface area contributed by atoms with Crippen molar-refractivity contribution >= 4 is 17.6 Å². The van der Waals surface area contributed by atoms with Crippen molar-refractivity contribution in [3.63, 3.8) is 0 Å². The van der Waals surface area contributed by atoms with E-state index < -0.39 is 18.1 Å². The molecule has 1 amide bonds. The Morgan fingerprint density at radius 2 is 1.82 bits per heavy atom. The van der Waals surface area contributed by atoms with Gasteiger partial charge in [0.1, 0.15) is 0 Å². The van der Waals surface area contributed by atoms with Crippen molar-refractivity contribution in [1.82, 2.24) is 5.01 Å². The topological polar surface area (TPSA) is 79.2 Å². The van der Waals surface area contributed by atoms with Crippen LogP contribution in [0.3, 0.4) is 0 Å². The van der Waals surface area contributed by atoms with E-state index in [-0.39, 0.29) is 25.4 Å². The van der Waals surface area contributed by atoms with Crippen LogP contribution in [-0.4, -0.2) is 46.5 Å². The fourth-order valence-electron chi connectivity index (χ4n) is 3.19. The number of carbonyl (C=O) groups is 2. The second-order valence-electron chi connectivity index (χ2n) is 6.78. The molecule has 1 aliphatic rings. The Balaban J connectivity index is 1.97. The number of hydrazone groups is 1. The summed E-state index contributed by atoms with van der Waals surface area (Å²) in [6.45, 7) is 3.95. The average Bonchev–Trinajstić information content (AvgIpc) is 2.70. The van der Waals surface area contributed by atoms with Crippen molar-refractivity contribution in [2.45, 2.75) is 38.8 Å². The Labute approximate surface area is 164 Å². The van der Waals surface area contributed by atoms with E-state index in [9.17, 15) is 14.7 Å². The summed E-state index contributed by atoms with van der Waals surface area (Å²) in [5.74, 6) is -0.829. The minimum absolute atomic E-state index is 0.113. The summed E-state index contributed by atoms with van der Waals surface area (Å²) in [6, 6.07) is 15.7. The molecule has 6 heteroatoms. The summed E-state index contributed by atoms with van der Waals surface area (Å²) in [6.07, 6.45) is -0.782. The number of amides is 1. The average molecular weight is 380 g/mol. The van der Waals surface area contributed by atoms with E-state index in [1.54, 1.807) is 31.2 Å². The van der Waals surface area contributed by atoms with Crippen molar-refractivity contribution in [1.29, 1.82) is 0 Å². The van der Waals surface area contributed by atoms with Gasteiger partial charge in [0.15, 0.2) is 0 Å². The molecule has 2 atom stereocenters. The van der Waals surface area contributed by atoms with Gasteiger partial charge in [0.25, 0.3) is 5.91 Å². The minimum Gasteiger partial charge on any atom is -0.466 e. The molecule has 3 rings (SSSR count). The van der Waals surface area contributed by atoms with Gasteiger partial charge in [0.05, 0.1) is 30.9 Å². The van der Waals surface area contributed by atoms with Gasteiger partial charge >= 0.3 is 5.97 Å². The molecule has 6 nitrogen and oxygen atoms in total. The summed E-state index contributed by atoms with van der Waals surface area (Å²) >= 11 is 0. The fourth-order valence-corrected chi connectivity index (χ4v) is 3.19. The summed E-state index contributed by atoms with van der Waals surface area (Å²) < 4.78 is 5.01. The fraction of sp³-hybridized carbons (Fsp3) is 0.318. The van der Waals surface area contributed by atoms with Crippen LogP contribution in [0.5, 0.6) is 0 Å². The standard InChI is InChI=1S/C22H24N2O4/c1-3-28-21(26)14-19-20(25)13-18(16-11-9-15(2)10-12-16)23-24(19)22(27)17-7-5-4-6-8-17/h4-12,19-20,25H,3,13-14H2,1-2H3/t19-,20-/m1/s1. The summed E-state index contributed by atoms with van der Waals surface area (Å²) in [7, 11) is 0. The Bertz CT molecular complexity index is 862. The molecule has 1 N–H and O–H groups in total. The lowest BCUT2D eigenvalue weighted by atomic mass is 9.95. The number of carbonyl (C=O) groups excluding carboxylic acids is 2. The van der Waals surface area contributed by atoms with E-state index in [0.29, 0.717) is 11.3 Å². The highest BCUT2D eigenvalue weighted by molar-refractivity contribution is 6.03. The zero-order chi connectivity index (χ0) is 20.1. The first-order valence-electron chi connectivity index (χ1n) is 9.36. The van der Waals surface area contributed by atoms with Crippen molar-refractivity contribution in [2.24, 2.45) is 5.10 Å². The lowest BCUT2D eigenvalue weighted by molar-refractivity contribution is -0.145. The SMILES string of the molecule is CCOC(=O)C[C@@H]1[C@H](O)CC(c2ccc(C)cc2)=NN1C(=O)c1ccccc1. The number of aliphatic hydroxyl groups excluding tert-OH is 1. The quantitative estimate of drug-likeness (QED) is 0.809. The van der Waals surface area contributed by atoms with E-state index in [4.69, 9.17) is 4.74 Å². The lowest BCUT2D eigenvalue weighted by Crippen LogP contribution is -2.50.